The van der Waals surface area contributed by atoms with Crippen LogP contribution in [0.1, 0.15) is 6.92 Å². The molecule has 0 atom stereocenters. The van der Waals surface area contributed by atoms with Crippen molar-refractivity contribution in [3.05, 3.63) is 30.3 Å². The largest absolute Gasteiger partial charge is 1.00 e. The van der Waals surface area contributed by atoms with E-state index in [1.807, 2.05) is 0 Å². The molecule has 0 heterocycles. The van der Waals surface area contributed by atoms with Crippen LogP contribution in [0.5, 0.6) is 5.75 Å². The Hall–Kier alpha value is -1.32. The van der Waals surface area contributed by atoms with Gasteiger partial charge in [-0.1, -0.05) is 0 Å². The Morgan fingerprint density at radius 3 is 2.59 bits per heavy atom. The zero-order valence-electron chi connectivity index (χ0n) is 12.0. The van der Waals surface area contributed by atoms with Crippen molar-refractivity contribution >= 4 is 32.7 Å². The van der Waals surface area contributed by atoms with E-state index in [1.165, 1.54) is 18.2 Å². The number of ether oxygens (including phenoxy) is 1. The normalized spacial score (nSPS) is 10.8. The second-order valence-corrected chi connectivity index (χ2v) is 5.56. The first-order chi connectivity index (χ1) is 9.81. The van der Waals surface area contributed by atoms with E-state index in [0.29, 0.717) is 16.5 Å². The summed E-state index contributed by atoms with van der Waals surface area (Å²) < 4.78 is 37.8. The maximum Gasteiger partial charge on any atom is 1.00 e. The van der Waals surface area contributed by atoms with Crippen LogP contribution >= 0.6 is 0 Å². The number of rotatable bonds is 3. The third-order valence-corrected chi connectivity index (χ3v) is 3.53. The molecule has 0 saturated carbocycles. The molecule has 0 aliphatic carbocycles. The molecule has 2 aromatic rings. The summed E-state index contributed by atoms with van der Waals surface area (Å²) in [7, 11) is -4.68. The minimum absolute atomic E-state index is 0. The van der Waals surface area contributed by atoms with E-state index in [0.717, 1.165) is 12.1 Å². The zero-order valence-corrected chi connectivity index (χ0v) is 14.8. The number of amides is 1. The molecule has 7 nitrogen and oxygen atoms in total. The van der Waals surface area contributed by atoms with Gasteiger partial charge in [0.2, 0.25) is 0 Å². The van der Waals surface area contributed by atoms with Gasteiger partial charge < -0.3 is 14.4 Å². The maximum absolute atomic E-state index is 11.3. The molecule has 0 aromatic heterocycles. The molecule has 0 unspecified atom stereocenters. The SMILES string of the molecule is CCOC(=O)Nc1ccc2c(O)cc(S(=O)(=O)[O-])cc2c1.[Na+]. The standard InChI is InChI=1S/C13H13NO6S.Na/c1-2-20-13(16)14-9-3-4-11-8(5-9)6-10(7-12(11)15)21(17,18)19;/h3-7,15H,2H2,1H3,(H,14,16)(H,17,18,19);/q;+1/p-1. The molecule has 22 heavy (non-hydrogen) atoms. The van der Waals surface area contributed by atoms with Crippen molar-refractivity contribution in [2.24, 2.45) is 0 Å². The third-order valence-electron chi connectivity index (χ3n) is 2.71. The number of fused-ring (bicyclic) bond motifs is 1. The number of hydrogen-bond donors (Lipinski definition) is 2. The number of aromatic hydroxyl groups is 1. The Kier molecular flexibility index (Phi) is 6.21. The summed E-state index contributed by atoms with van der Waals surface area (Å²) in [5.74, 6) is -0.329. The van der Waals surface area contributed by atoms with E-state index < -0.39 is 21.1 Å². The van der Waals surface area contributed by atoms with Crippen LogP contribution in [0.3, 0.4) is 0 Å². The topological polar surface area (TPSA) is 116 Å². The van der Waals surface area contributed by atoms with Crippen LogP contribution in [0.25, 0.3) is 10.8 Å². The average molecular weight is 333 g/mol. The molecule has 0 spiro atoms. The third kappa shape index (κ3) is 4.34. The van der Waals surface area contributed by atoms with Crippen molar-refractivity contribution in [2.45, 2.75) is 11.8 Å². The molecular weight excluding hydrogens is 321 g/mol. The van der Waals surface area contributed by atoms with E-state index in [4.69, 9.17) is 4.74 Å². The van der Waals surface area contributed by atoms with Gasteiger partial charge in [0, 0.05) is 11.1 Å². The zero-order chi connectivity index (χ0) is 15.6. The Bertz CT molecular complexity index is 806. The number of nitrogens with one attached hydrogen (secondary N) is 1. The van der Waals surface area contributed by atoms with Gasteiger partial charge in [0.25, 0.3) is 0 Å². The summed E-state index contributed by atoms with van der Waals surface area (Å²) in [4.78, 5) is 10.8. The monoisotopic (exact) mass is 333 g/mol. The smallest absolute Gasteiger partial charge is 0.744 e. The Labute approximate surface area is 149 Å². The summed E-state index contributed by atoms with van der Waals surface area (Å²) in [6, 6.07) is 6.47. The Balaban J connectivity index is 0.00000242. The van der Waals surface area contributed by atoms with Gasteiger partial charge >= 0.3 is 35.7 Å². The summed E-state index contributed by atoms with van der Waals surface area (Å²) in [5, 5.41) is 12.9. The first-order valence-electron chi connectivity index (χ1n) is 5.97. The molecule has 1 amide bonds. The number of benzene rings is 2. The van der Waals surface area contributed by atoms with Crippen molar-refractivity contribution in [1.29, 1.82) is 0 Å². The van der Waals surface area contributed by atoms with Gasteiger partial charge in [0.1, 0.15) is 15.9 Å². The van der Waals surface area contributed by atoms with Crippen LogP contribution in [0.15, 0.2) is 35.2 Å². The number of phenolic OH excluding ortho intramolecular Hbond substituents is 1. The first-order valence-corrected chi connectivity index (χ1v) is 7.38. The minimum Gasteiger partial charge on any atom is -0.744 e. The van der Waals surface area contributed by atoms with E-state index >= 15 is 0 Å². The van der Waals surface area contributed by atoms with Crippen LogP contribution in [0.2, 0.25) is 0 Å². The van der Waals surface area contributed by atoms with E-state index in [-0.39, 0.29) is 41.9 Å². The van der Waals surface area contributed by atoms with Crippen LogP contribution in [-0.2, 0) is 14.9 Å². The fourth-order valence-corrected chi connectivity index (χ4v) is 2.36. The predicted octanol–water partition coefficient (Wildman–Crippen LogP) is -0.978. The van der Waals surface area contributed by atoms with Crippen molar-refractivity contribution < 1.29 is 57.2 Å². The molecule has 9 heteroatoms. The second-order valence-electron chi connectivity index (χ2n) is 4.18. The van der Waals surface area contributed by atoms with E-state index in [1.54, 1.807) is 6.92 Å². The molecule has 2 N–H and O–H groups in total. The van der Waals surface area contributed by atoms with Gasteiger partial charge in [-0.25, -0.2) is 13.2 Å². The molecule has 0 saturated heterocycles. The van der Waals surface area contributed by atoms with Gasteiger partial charge in [-0.2, -0.15) is 0 Å². The molecule has 2 aromatic carbocycles. The maximum atomic E-state index is 11.3. The predicted molar refractivity (Wildman–Crippen MR) is 74.2 cm³/mol. The number of anilines is 1. The van der Waals surface area contributed by atoms with Gasteiger partial charge in [-0.3, -0.25) is 5.32 Å². The van der Waals surface area contributed by atoms with Crippen LogP contribution in [-0.4, -0.2) is 30.8 Å². The first kappa shape index (κ1) is 18.7. The Morgan fingerprint density at radius 2 is 2.00 bits per heavy atom. The molecule has 0 aliphatic rings. The second kappa shape index (κ2) is 7.30. The van der Waals surface area contributed by atoms with Gasteiger partial charge in [-0.05, 0) is 42.6 Å². The molecule has 0 aliphatic heterocycles. The fraction of sp³-hybridized carbons (Fsp3) is 0.154. The van der Waals surface area contributed by atoms with Crippen molar-refractivity contribution in [1.82, 2.24) is 0 Å². The quantitative estimate of drug-likeness (QED) is 0.551. The average Bonchev–Trinajstić information content (AvgIpc) is 2.37. The number of carbonyl (C=O) groups is 1. The molecule has 0 bridgehead atoms. The van der Waals surface area contributed by atoms with Crippen LogP contribution < -0.4 is 34.9 Å². The molecule has 0 fully saturated rings. The van der Waals surface area contributed by atoms with Crippen molar-refractivity contribution in [3.8, 4) is 5.75 Å². The van der Waals surface area contributed by atoms with Crippen molar-refractivity contribution in [3.63, 3.8) is 0 Å². The van der Waals surface area contributed by atoms with Crippen LogP contribution in [0.4, 0.5) is 10.5 Å². The van der Waals surface area contributed by atoms with Crippen molar-refractivity contribution in [2.75, 3.05) is 11.9 Å². The fourth-order valence-electron chi connectivity index (χ4n) is 1.83. The van der Waals surface area contributed by atoms with E-state index in [2.05, 4.69) is 5.32 Å². The molecule has 112 valence electrons. The van der Waals surface area contributed by atoms with Crippen LogP contribution in [0, 0.1) is 0 Å². The van der Waals surface area contributed by atoms with Gasteiger partial charge in [0.15, 0.2) is 0 Å². The van der Waals surface area contributed by atoms with Gasteiger partial charge in [0.05, 0.1) is 11.5 Å². The number of hydrogen-bond acceptors (Lipinski definition) is 6. The summed E-state index contributed by atoms with van der Waals surface area (Å²) in [5.41, 5.74) is 0.348. The summed E-state index contributed by atoms with van der Waals surface area (Å²) in [6.45, 7) is 1.86. The summed E-state index contributed by atoms with van der Waals surface area (Å²) >= 11 is 0. The number of carbonyl (C=O) groups excluding carboxylic acids is 1. The molecular formula is C13H12NNaO6S. The van der Waals surface area contributed by atoms with Gasteiger partial charge in [-0.15, -0.1) is 0 Å². The Morgan fingerprint density at radius 1 is 1.32 bits per heavy atom. The summed E-state index contributed by atoms with van der Waals surface area (Å²) in [6.07, 6.45) is -0.659. The molecule has 0 radical (unpaired) electrons. The van der Waals surface area contributed by atoms with E-state index in [9.17, 15) is 22.9 Å². The molecule has 2 rings (SSSR count). The minimum atomic E-state index is -4.68. The number of phenols is 1.